The summed E-state index contributed by atoms with van der Waals surface area (Å²) in [5, 5.41) is 5.36. The summed E-state index contributed by atoms with van der Waals surface area (Å²) in [7, 11) is 0. The lowest BCUT2D eigenvalue weighted by atomic mass is 10.2. The van der Waals surface area contributed by atoms with Gasteiger partial charge in [-0.3, -0.25) is 9.59 Å². The molecule has 0 radical (unpaired) electrons. The SMILES string of the molecule is CC(C)OCCNc1ccn(COC(=O)CNC(=O)OC(C)(C)C)c1C(N)=O. The maximum atomic E-state index is 11.8. The van der Waals surface area contributed by atoms with E-state index in [9.17, 15) is 14.4 Å². The predicted molar refractivity (Wildman–Crippen MR) is 103 cm³/mol. The van der Waals surface area contributed by atoms with Gasteiger partial charge in [-0.25, -0.2) is 4.79 Å². The van der Waals surface area contributed by atoms with Crippen LogP contribution < -0.4 is 16.4 Å². The maximum absolute atomic E-state index is 11.8. The van der Waals surface area contributed by atoms with Gasteiger partial charge in [0, 0.05) is 12.7 Å². The molecule has 0 saturated carbocycles. The summed E-state index contributed by atoms with van der Waals surface area (Å²) in [5.74, 6) is -1.35. The zero-order valence-electron chi connectivity index (χ0n) is 17.0. The minimum atomic E-state index is -0.724. The molecule has 10 nitrogen and oxygen atoms in total. The number of hydrogen-bond donors (Lipinski definition) is 3. The number of nitrogens with zero attached hydrogens (tertiary/aromatic N) is 1. The second-order valence-corrected chi connectivity index (χ2v) is 7.26. The fourth-order valence-electron chi connectivity index (χ4n) is 2.13. The van der Waals surface area contributed by atoms with Gasteiger partial charge >= 0.3 is 12.1 Å². The van der Waals surface area contributed by atoms with Gasteiger partial charge in [0.1, 0.15) is 17.8 Å². The van der Waals surface area contributed by atoms with Gasteiger partial charge in [0.2, 0.25) is 0 Å². The first-order chi connectivity index (χ1) is 13.0. The van der Waals surface area contributed by atoms with Gasteiger partial charge < -0.3 is 35.1 Å². The number of amides is 2. The Kier molecular flexibility index (Phi) is 8.77. The lowest BCUT2D eigenvalue weighted by Gasteiger charge is -2.19. The number of carbonyl (C=O) groups excluding carboxylic acids is 3. The molecule has 1 heterocycles. The van der Waals surface area contributed by atoms with Crippen molar-refractivity contribution in [1.82, 2.24) is 9.88 Å². The molecule has 2 amide bonds. The summed E-state index contributed by atoms with van der Waals surface area (Å²) in [5.41, 5.74) is 5.46. The van der Waals surface area contributed by atoms with Crippen LogP contribution in [0.25, 0.3) is 0 Å². The van der Waals surface area contributed by atoms with E-state index >= 15 is 0 Å². The summed E-state index contributed by atoms with van der Waals surface area (Å²) in [6.45, 7) is 9.36. The fourth-order valence-corrected chi connectivity index (χ4v) is 2.13. The molecule has 1 aromatic rings. The summed E-state index contributed by atoms with van der Waals surface area (Å²) >= 11 is 0. The van der Waals surface area contributed by atoms with Crippen molar-refractivity contribution in [3.63, 3.8) is 0 Å². The van der Waals surface area contributed by atoms with Crippen molar-refractivity contribution in [3.8, 4) is 0 Å². The van der Waals surface area contributed by atoms with E-state index in [0.29, 0.717) is 18.8 Å². The van der Waals surface area contributed by atoms with Crippen LogP contribution in [0.15, 0.2) is 12.3 Å². The van der Waals surface area contributed by atoms with Crippen LogP contribution in [-0.4, -0.2) is 53.9 Å². The molecule has 10 heteroatoms. The lowest BCUT2D eigenvalue weighted by Crippen LogP contribution is -2.36. The highest BCUT2D eigenvalue weighted by Crippen LogP contribution is 2.17. The second-order valence-electron chi connectivity index (χ2n) is 7.26. The van der Waals surface area contributed by atoms with E-state index in [1.807, 2.05) is 13.8 Å². The summed E-state index contributed by atoms with van der Waals surface area (Å²) < 4.78 is 16.9. The number of rotatable bonds is 10. The van der Waals surface area contributed by atoms with Gasteiger partial charge in [-0.15, -0.1) is 0 Å². The number of alkyl carbamates (subject to hydrolysis) is 1. The molecule has 158 valence electrons. The van der Waals surface area contributed by atoms with E-state index in [-0.39, 0.29) is 25.1 Å². The first-order valence-corrected chi connectivity index (χ1v) is 8.96. The van der Waals surface area contributed by atoms with Crippen molar-refractivity contribution >= 4 is 23.7 Å². The molecule has 0 atom stereocenters. The molecule has 1 rings (SSSR count). The van der Waals surface area contributed by atoms with Crippen molar-refractivity contribution in [3.05, 3.63) is 18.0 Å². The second kappa shape index (κ2) is 10.5. The number of hydrogen-bond acceptors (Lipinski definition) is 7. The molecule has 0 aliphatic carbocycles. The zero-order chi connectivity index (χ0) is 21.3. The molecule has 0 aliphatic rings. The van der Waals surface area contributed by atoms with Crippen LogP contribution in [-0.2, 0) is 25.7 Å². The molecule has 28 heavy (non-hydrogen) atoms. The van der Waals surface area contributed by atoms with E-state index in [2.05, 4.69) is 10.6 Å². The topological polar surface area (TPSA) is 134 Å². The Labute approximate surface area is 164 Å². The number of ether oxygens (including phenoxy) is 3. The van der Waals surface area contributed by atoms with Crippen molar-refractivity contribution < 1.29 is 28.6 Å². The molecule has 0 saturated heterocycles. The third kappa shape index (κ3) is 8.76. The standard InChI is InChI=1S/C18H30N4O6/c1-12(2)26-9-7-20-13-6-8-22(15(13)16(19)24)11-27-14(23)10-21-17(25)28-18(3,4)5/h6,8,12,20H,7,9-11H2,1-5H3,(H2,19,24)(H,21,25). The average Bonchev–Trinajstić information content (AvgIpc) is 2.96. The summed E-state index contributed by atoms with van der Waals surface area (Å²) in [4.78, 5) is 35.1. The molecule has 0 fully saturated rings. The minimum Gasteiger partial charge on any atom is -0.444 e. The number of primary amides is 1. The largest absolute Gasteiger partial charge is 0.444 e. The molecule has 0 unspecified atom stereocenters. The molecule has 0 spiro atoms. The van der Waals surface area contributed by atoms with Crippen LogP contribution in [0.3, 0.4) is 0 Å². The van der Waals surface area contributed by atoms with E-state index in [0.717, 1.165) is 0 Å². The Balaban J connectivity index is 2.53. The lowest BCUT2D eigenvalue weighted by molar-refractivity contribution is -0.146. The predicted octanol–water partition coefficient (Wildman–Crippen LogP) is 1.45. The first kappa shape index (κ1) is 23.3. The van der Waals surface area contributed by atoms with Gasteiger partial charge in [0.25, 0.3) is 5.91 Å². The molecule has 0 bridgehead atoms. The Hall–Kier alpha value is -2.75. The number of anilines is 1. The molecule has 0 aliphatic heterocycles. The van der Waals surface area contributed by atoms with Crippen molar-refractivity contribution in [2.45, 2.75) is 53.1 Å². The van der Waals surface area contributed by atoms with Gasteiger partial charge in [-0.2, -0.15) is 0 Å². The number of esters is 1. The number of nitrogens with two attached hydrogens (primary N) is 1. The first-order valence-electron chi connectivity index (χ1n) is 8.96. The van der Waals surface area contributed by atoms with Crippen LogP contribution in [0.1, 0.15) is 45.1 Å². The average molecular weight is 398 g/mol. The molecule has 4 N–H and O–H groups in total. The van der Waals surface area contributed by atoms with Crippen LogP contribution >= 0.6 is 0 Å². The molecule has 0 aromatic carbocycles. The Morgan fingerprint density at radius 3 is 2.50 bits per heavy atom. The highest BCUT2D eigenvalue weighted by Gasteiger charge is 2.18. The van der Waals surface area contributed by atoms with E-state index in [1.165, 1.54) is 4.57 Å². The third-order valence-corrected chi connectivity index (χ3v) is 3.21. The molecule has 1 aromatic heterocycles. The number of aromatic nitrogens is 1. The smallest absolute Gasteiger partial charge is 0.408 e. The molecular weight excluding hydrogens is 368 g/mol. The Morgan fingerprint density at radius 2 is 1.93 bits per heavy atom. The highest BCUT2D eigenvalue weighted by molar-refractivity contribution is 5.97. The summed E-state index contributed by atoms with van der Waals surface area (Å²) in [6, 6.07) is 1.66. The number of nitrogens with one attached hydrogen (secondary N) is 2. The van der Waals surface area contributed by atoms with Crippen LogP contribution in [0.5, 0.6) is 0 Å². The Morgan fingerprint density at radius 1 is 1.25 bits per heavy atom. The minimum absolute atomic E-state index is 0.107. The fraction of sp³-hybridized carbons (Fsp3) is 0.611. The summed E-state index contributed by atoms with van der Waals surface area (Å²) in [6.07, 6.45) is 0.953. The van der Waals surface area contributed by atoms with Crippen LogP contribution in [0.4, 0.5) is 10.5 Å². The van der Waals surface area contributed by atoms with Crippen molar-refractivity contribution in [1.29, 1.82) is 0 Å². The van der Waals surface area contributed by atoms with Gasteiger partial charge in [-0.05, 0) is 40.7 Å². The van der Waals surface area contributed by atoms with Crippen molar-refractivity contribution in [2.24, 2.45) is 5.73 Å². The van der Waals surface area contributed by atoms with Gasteiger partial charge in [0.15, 0.2) is 6.73 Å². The van der Waals surface area contributed by atoms with Crippen LogP contribution in [0.2, 0.25) is 0 Å². The van der Waals surface area contributed by atoms with Gasteiger partial charge in [0.05, 0.1) is 18.4 Å². The third-order valence-electron chi connectivity index (χ3n) is 3.21. The quantitative estimate of drug-likeness (QED) is 0.401. The number of carbonyl (C=O) groups is 3. The highest BCUT2D eigenvalue weighted by atomic mass is 16.6. The monoisotopic (exact) mass is 398 g/mol. The molecular formula is C18H30N4O6. The van der Waals surface area contributed by atoms with E-state index in [1.54, 1.807) is 33.0 Å². The van der Waals surface area contributed by atoms with Crippen molar-refractivity contribution in [2.75, 3.05) is 25.0 Å². The van der Waals surface area contributed by atoms with Gasteiger partial charge in [-0.1, -0.05) is 0 Å². The normalized spacial score (nSPS) is 11.2. The zero-order valence-corrected chi connectivity index (χ0v) is 17.0. The van der Waals surface area contributed by atoms with Crippen LogP contribution in [0, 0.1) is 0 Å². The Bertz CT molecular complexity index is 678. The maximum Gasteiger partial charge on any atom is 0.408 e. The van der Waals surface area contributed by atoms with E-state index < -0.39 is 23.6 Å². The van der Waals surface area contributed by atoms with E-state index in [4.69, 9.17) is 19.9 Å².